The Morgan fingerprint density at radius 2 is 2.00 bits per heavy atom. The van der Waals surface area contributed by atoms with Gasteiger partial charge in [0.1, 0.15) is 6.04 Å². The molecule has 0 aromatic carbocycles. The monoisotopic (exact) mass is 244 g/mol. The number of ether oxygens (including phenoxy) is 1. The number of amides is 2. The van der Waals surface area contributed by atoms with Crippen LogP contribution in [0.15, 0.2) is 0 Å². The molecule has 0 bridgehead atoms. The lowest BCUT2D eigenvalue weighted by Gasteiger charge is -2.33. The number of carbonyl (C=O) groups excluding carboxylic acids is 1. The van der Waals surface area contributed by atoms with Gasteiger partial charge in [0.15, 0.2) is 0 Å². The van der Waals surface area contributed by atoms with Crippen molar-refractivity contribution in [2.24, 2.45) is 5.41 Å². The summed E-state index contributed by atoms with van der Waals surface area (Å²) >= 11 is 0. The zero-order valence-corrected chi connectivity index (χ0v) is 10.3. The van der Waals surface area contributed by atoms with Gasteiger partial charge in [-0.1, -0.05) is 6.92 Å². The average Bonchev–Trinajstić information content (AvgIpc) is 2.27. The second kappa shape index (κ2) is 5.86. The summed E-state index contributed by atoms with van der Waals surface area (Å²) in [7, 11) is 0. The van der Waals surface area contributed by atoms with E-state index in [-0.39, 0.29) is 5.41 Å². The maximum atomic E-state index is 11.4. The molecule has 0 aliphatic carbocycles. The molecule has 3 N–H and O–H groups in total. The summed E-state index contributed by atoms with van der Waals surface area (Å²) in [5.74, 6) is -1.04. The lowest BCUT2D eigenvalue weighted by molar-refractivity contribution is -0.138. The molecule has 6 heteroatoms. The molecule has 1 rings (SSSR count). The zero-order chi connectivity index (χ0) is 12.9. The van der Waals surface area contributed by atoms with Gasteiger partial charge in [0.25, 0.3) is 0 Å². The number of aliphatic carboxylic acids is 1. The van der Waals surface area contributed by atoms with E-state index in [0.717, 1.165) is 12.8 Å². The fraction of sp³-hybridized carbons (Fsp3) is 0.818. The van der Waals surface area contributed by atoms with E-state index in [9.17, 15) is 9.59 Å². The number of carbonyl (C=O) groups is 2. The van der Waals surface area contributed by atoms with Crippen LogP contribution in [0.2, 0.25) is 0 Å². The van der Waals surface area contributed by atoms with E-state index in [1.807, 2.05) is 0 Å². The fourth-order valence-corrected chi connectivity index (χ4v) is 1.64. The Hall–Kier alpha value is -1.30. The van der Waals surface area contributed by atoms with Gasteiger partial charge < -0.3 is 20.5 Å². The van der Waals surface area contributed by atoms with E-state index in [2.05, 4.69) is 17.6 Å². The molecule has 1 aliphatic heterocycles. The van der Waals surface area contributed by atoms with Crippen molar-refractivity contribution in [3.8, 4) is 0 Å². The zero-order valence-electron chi connectivity index (χ0n) is 10.3. The van der Waals surface area contributed by atoms with Crippen molar-refractivity contribution in [2.45, 2.75) is 32.7 Å². The third-order valence-corrected chi connectivity index (χ3v) is 3.09. The Morgan fingerprint density at radius 1 is 1.41 bits per heavy atom. The first-order valence-electron chi connectivity index (χ1n) is 5.78. The lowest BCUT2D eigenvalue weighted by Crippen LogP contribution is -2.48. The number of nitrogens with one attached hydrogen (secondary N) is 2. The number of rotatable bonds is 4. The van der Waals surface area contributed by atoms with Crippen molar-refractivity contribution in [3.05, 3.63) is 0 Å². The molecule has 2 amide bonds. The molecule has 1 aliphatic rings. The number of hydrogen-bond acceptors (Lipinski definition) is 3. The molecule has 0 aromatic heterocycles. The van der Waals surface area contributed by atoms with Crippen LogP contribution >= 0.6 is 0 Å². The van der Waals surface area contributed by atoms with E-state index in [0.29, 0.717) is 19.8 Å². The van der Waals surface area contributed by atoms with Crippen LogP contribution in [-0.4, -0.2) is 42.9 Å². The molecule has 0 unspecified atom stereocenters. The van der Waals surface area contributed by atoms with Crippen molar-refractivity contribution >= 4 is 12.0 Å². The smallest absolute Gasteiger partial charge is 0.325 e. The lowest BCUT2D eigenvalue weighted by atomic mass is 9.82. The van der Waals surface area contributed by atoms with Gasteiger partial charge in [0, 0.05) is 19.8 Å². The summed E-state index contributed by atoms with van der Waals surface area (Å²) < 4.78 is 5.26. The van der Waals surface area contributed by atoms with Gasteiger partial charge in [-0.25, -0.2) is 4.79 Å². The molecule has 1 saturated heterocycles. The van der Waals surface area contributed by atoms with Gasteiger partial charge >= 0.3 is 12.0 Å². The van der Waals surface area contributed by atoms with E-state index in [4.69, 9.17) is 9.84 Å². The molecule has 6 nitrogen and oxygen atoms in total. The van der Waals surface area contributed by atoms with Gasteiger partial charge in [-0.05, 0) is 25.2 Å². The normalized spacial score (nSPS) is 20.4. The number of carboxylic acids is 1. The van der Waals surface area contributed by atoms with Crippen LogP contribution in [0.3, 0.4) is 0 Å². The molecule has 0 aromatic rings. The number of hydrogen-bond donors (Lipinski definition) is 3. The van der Waals surface area contributed by atoms with Crippen LogP contribution in [0.5, 0.6) is 0 Å². The fourth-order valence-electron chi connectivity index (χ4n) is 1.64. The quantitative estimate of drug-likeness (QED) is 0.675. The van der Waals surface area contributed by atoms with E-state index in [1.54, 1.807) is 0 Å². The van der Waals surface area contributed by atoms with Gasteiger partial charge in [-0.3, -0.25) is 4.79 Å². The van der Waals surface area contributed by atoms with Crippen molar-refractivity contribution < 1.29 is 19.4 Å². The van der Waals surface area contributed by atoms with Gasteiger partial charge in [0.2, 0.25) is 0 Å². The SMILES string of the molecule is C[C@@H](NC(=O)NCC1(C)CCOCC1)C(=O)O. The summed E-state index contributed by atoms with van der Waals surface area (Å²) in [4.78, 5) is 22.0. The van der Waals surface area contributed by atoms with E-state index >= 15 is 0 Å². The second-order valence-corrected chi connectivity index (χ2v) is 4.81. The predicted octanol–water partition coefficient (Wildman–Crippen LogP) is 0.575. The average molecular weight is 244 g/mol. The third kappa shape index (κ3) is 4.60. The van der Waals surface area contributed by atoms with Crippen LogP contribution in [0, 0.1) is 5.41 Å². The molecule has 1 atom stereocenters. The third-order valence-electron chi connectivity index (χ3n) is 3.09. The van der Waals surface area contributed by atoms with Crippen molar-refractivity contribution in [3.63, 3.8) is 0 Å². The molecule has 0 saturated carbocycles. The standard InChI is InChI=1S/C11H20N2O4/c1-8(9(14)15)13-10(16)12-7-11(2)3-5-17-6-4-11/h8H,3-7H2,1-2H3,(H,14,15)(H2,12,13,16)/t8-/m1/s1. The summed E-state index contributed by atoms with van der Waals surface area (Å²) in [6.07, 6.45) is 1.81. The largest absolute Gasteiger partial charge is 0.480 e. The van der Waals surface area contributed by atoms with E-state index in [1.165, 1.54) is 6.92 Å². The van der Waals surface area contributed by atoms with Crippen LogP contribution in [-0.2, 0) is 9.53 Å². The molecule has 1 fully saturated rings. The summed E-state index contributed by atoms with van der Waals surface area (Å²) in [5.41, 5.74) is 0.0437. The minimum absolute atomic E-state index is 0.0437. The molecule has 0 spiro atoms. The van der Waals surface area contributed by atoms with Crippen LogP contribution in [0.1, 0.15) is 26.7 Å². The topological polar surface area (TPSA) is 87.7 Å². The van der Waals surface area contributed by atoms with Crippen molar-refractivity contribution in [1.29, 1.82) is 0 Å². The van der Waals surface area contributed by atoms with Crippen LogP contribution in [0.4, 0.5) is 4.79 Å². The maximum Gasteiger partial charge on any atom is 0.325 e. The van der Waals surface area contributed by atoms with E-state index < -0.39 is 18.0 Å². The van der Waals surface area contributed by atoms with Gasteiger partial charge in [-0.2, -0.15) is 0 Å². The highest BCUT2D eigenvalue weighted by Crippen LogP contribution is 2.28. The molecular weight excluding hydrogens is 224 g/mol. The van der Waals surface area contributed by atoms with Crippen LogP contribution < -0.4 is 10.6 Å². The Morgan fingerprint density at radius 3 is 2.53 bits per heavy atom. The highest BCUT2D eigenvalue weighted by molar-refractivity contribution is 5.82. The Labute approximate surface area is 101 Å². The predicted molar refractivity (Wildman–Crippen MR) is 61.8 cm³/mol. The highest BCUT2D eigenvalue weighted by Gasteiger charge is 2.28. The number of carboxylic acid groups (broad SMARTS) is 1. The summed E-state index contributed by atoms with van der Waals surface area (Å²) in [6.45, 7) is 5.49. The maximum absolute atomic E-state index is 11.4. The van der Waals surface area contributed by atoms with Gasteiger partial charge in [0.05, 0.1) is 0 Å². The first-order valence-corrected chi connectivity index (χ1v) is 5.78. The Bertz CT molecular complexity index is 287. The Balaban J connectivity index is 2.29. The first kappa shape index (κ1) is 13.8. The molecular formula is C11H20N2O4. The summed E-state index contributed by atoms with van der Waals surface area (Å²) in [5, 5.41) is 13.7. The minimum Gasteiger partial charge on any atom is -0.480 e. The van der Waals surface area contributed by atoms with Crippen LogP contribution in [0.25, 0.3) is 0 Å². The van der Waals surface area contributed by atoms with Crippen molar-refractivity contribution in [2.75, 3.05) is 19.8 Å². The molecule has 1 heterocycles. The van der Waals surface area contributed by atoms with Gasteiger partial charge in [-0.15, -0.1) is 0 Å². The minimum atomic E-state index is -1.04. The highest BCUT2D eigenvalue weighted by atomic mass is 16.5. The summed E-state index contributed by atoms with van der Waals surface area (Å²) in [6, 6.07) is -1.31. The number of urea groups is 1. The Kier molecular flexibility index (Phi) is 4.74. The molecule has 0 radical (unpaired) electrons. The first-order chi connectivity index (χ1) is 7.93. The molecule has 98 valence electrons. The second-order valence-electron chi connectivity index (χ2n) is 4.81. The molecule has 17 heavy (non-hydrogen) atoms. The van der Waals surface area contributed by atoms with Crippen molar-refractivity contribution in [1.82, 2.24) is 10.6 Å².